The van der Waals surface area contributed by atoms with Gasteiger partial charge in [-0.3, -0.25) is 9.59 Å². The fourth-order valence-corrected chi connectivity index (χ4v) is 4.15. The first-order valence-electron chi connectivity index (χ1n) is 14.4. The first-order chi connectivity index (χ1) is 22.4. The molecule has 0 spiro atoms. The van der Waals surface area contributed by atoms with Crippen LogP contribution in [0.25, 0.3) is 0 Å². The minimum Gasteiger partial charge on any atom is -0.490 e. The first kappa shape index (κ1) is 36.9. The summed E-state index contributed by atoms with van der Waals surface area (Å²) >= 11 is 0. The Morgan fingerprint density at radius 1 is 0.521 bits per heavy atom. The predicted octanol–water partition coefficient (Wildman–Crippen LogP) is 3.46. The minimum absolute atomic E-state index is 0.187. The van der Waals surface area contributed by atoms with Gasteiger partial charge in [-0.15, -0.1) is 0 Å². The van der Waals surface area contributed by atoms with E-state index in [1.807, 2.05) is 0 Å². The van der Waals surface area contributed by atoms with Crippen LogP contribution in [0.2, 0.25) is 0 Å². The molecule has 0 saturated carbocycles. The lowest BCUT2D eigenvalue weighted by atomic mass is 9.97. The van der Waals surface area contributed by atoms with Crippen LogP contribution in [0.15, 0.2) is 60.7 Å². The fraction of sp³-hybridized carbons (Fsp3) is 0.294. The number of aromatic carboxylic acids is 2. The van der Waals surface area contributed by atoms with Crippen LogP contribution in [-0.2, 0) is 9.47 Å². The number of esters is 2. The zero-order valence-electron chi connectivity index (χ0n) is 26.5. The van der Waals surface area contributed by atoms with E-state index >= 15 is 0 Å². The van der Waals surface area contributed by atoms with Crippen molar-refractivity contribution >= 4 is 35.4 Å². The number of carboxylic acids is 2. The van der Waals surface area contributed by atoms with Gasteiger partial charge in [-0.2, -0.15) is 0 Å². The van der Waals surface area contributed by atoms with Crippen molar-refractivity contribution < 1.29 is 68.1 Å². The Hall–Kier alpha value is -5.60. The topological polar surface area (TPSA) is 220 Å². The van der Waals surface area contributed by atoms with Gasteiger partial charge in [0.05, 0.1) is 22.3 Å². The molecule has 0 fully saturated rings. The molecule has 0 aliphatic carbocycles. The van der Waals surface area contributed by atoms with Gasteiger partial charge in [0.15, 0.2) is 11.6 Å². The van der Waals surface area contributed by atoms with E-state index in [0.717, 1.165) is 6.07 Å². The van der Waals surface area contributed by atoms with Gasteiger partial charge >= 0.3 is 23.9 Å². The molecule has 48 heavy (non-hydrogen) atoms. The molecule has 0 bridgehead atoms. The van der Waals surface area contributed by atoms with E-state index in [9.17, 15) is 49.2 Å². The lowest BCUT2D eigenvalue weighted by Gasteiger charge is -2.16. The largest absolute Gasteiger partial charge is 0.490 e. The Balaban J connectivity index is 1.63. The highest BCUT2D eigenvalue weighted by molar-refractivity contribution is 6.09. The molecule has 14 heteroatoms. The van der Waals surface area contributed by atoms with E-state index < -0.39 is 68.9 Å². The van der Waals surface area contributed by atoms with E-state index in [2.05, 4.69) is 0 Å². The van der Waals surface area contributed by atoms with Crippen LogP contribution in [0.4, 0.5) is 0 Å². The molecule has 14 nitrogen and oxygen atoms in total. The summed E-state index contributed by atoms with van der Waals surface area (Å²) in [7, 11) is 0. The normalized spacial score (nSPS) is 11.3. The number of carbonyl (C=O) groups is 6. The van der Waals surface area contributed by atoms with Crippen LogP contribution in [0.3, 0.4) is 0 Å². The van der Waals surface area contributed by atoms with Crippen molar-refractivity contribution in [3.63, 3.8) is 0 Å². The van der Waals surface area contributed by atoms with Gasteiger partial charge in [0.25, 0.3) is 0 Å². The summed E-state index contributed by atoms with van der Waals surface area (Å²) in [6.45, 7) is 4.32. The molecule has 3 aromatic rings. The van der Waals surface area contributed by atoms with Crippen LogP contribution in [0, 0.1) is 0 Å². The van der Waals surface area contributed by atoms with Gasteiger partial charge in [-0.05, 0) is 88.4 Å². The first-order valence-corrected chi connectivity index (χ1v) is 14.4. The van der Waals surface area contributed by atoms with E-state index in [-0.39, 0.29) is 37.6 Å². The lowest BCUT2D eigenvalue weighted by Crippen LogP contribution is -2.30. The van der Waals surface area contributed by atoms with Crippen molar-refractivity contribution in [2.45, 2.75) is 38.9 Å². The Kier molecular flexibility index (Phi) is 11.8. The summed E-state index contributed by atoms with van der Waals surface area (Å²) in [6, 6.07) is 13.0. The second-order valence-electron chi connectivity index (χ2n) is 11.3. The van der Waals surface area contributed by atoms with Gasteiger partial charge in [-0.25, -0.2) is 19.2 Å². The van der Waals surface area contributed by atoms with Crippen LogP contribution >= 0.6 is 0 Å². The lowest BCUT2D eigenvalue weighted by molar-refractivity contribution is 0.0433. The molecule has 0 amide bonds. The van der Waals surface area contributed by atoms with Crippen molar-refractivity contribution in [2.75, 3.05) is 26.4 Å². The number of rotatable bonds is 16. The molecule has 0 aliphatic heterocycles. The molecular formula is C34H34O14. The molecule has 3 rings (SSSR count). The molecule has 254 valence electrons. The summed E-state index contributed by atoms with van der Waals surface area (Å²) in [5.74, 6) is -6.02. The SMILES string of the molecule is CC(C)(O)C(=O)c1ccc(OCCOC(=O)c2cc(C(=O)OCCOc3ccc(C(=O)C(C)(C)O)cc3)c(C(=O)O)cc2C(=O)O)cc1. The average Bonchev–Trinajstić information content (AvgIpc) is 3.03. The molecule has 0 heterocycles. The molecular weight excluding hydrogens is 632 g/mol. The monoisotopic (exact) mass is 666 g/mol. The fourth-order valence-electron chi connectivity index (χ4n) is 4.15. The third kappa shape index (κ3) is 9.70. The standard InChI is InChI=1S/C34H34O14/c1-33(2,43)27(35)19-5-9-21(10-6-19)45-13-15-47-31(41)25-18-26(24(30(39)40)17-23(25)29(37)38)32(42)48-16-14-46-22-11-7-20(8-12-22)28(36)34(3,4)44/h5-12,17-18,43-44H,13-16H2,1-4H3,(H,37,38)(H,39,40). The Morgan fingerprint density at radius 3 is 1.12 bits per heavy atom. The maximum atomic E-state index is 12.8. The number of ether oxygens (including phenoxy) is 4. The average molecular weight is 667 g/mol. The number of hydrogen-bond acceptors (Lipinski definition) is 12. The summed E-state index contributed by atoms with van der Waals surface area (Å²) < 4.78 is 21.1. The van der Waals surface area contributed by atoms with E-state index in [1.165, 1.54) is 76.2 Å². The highest BCUT2D eigenvalue weighted by Gasteiger charge is 2.28. The summed E-state index contributed by atoms with van der Waals surface area (Å²) in [6.07, 6.45) is 0. The quantitative estimate of drug-likeness (QED) is 0.0977. The highest BCUT2D eigenvalue weighted by atomic mass is 16.6. The van der Waals surface area contributed by atoms with Crippen LogP contribution in [0.5, 0.6) is 11.5 Å². The van der Waals surface area contributed by atoms with Crippen molar-refractivity contribution in [3.8, 4) is 11.5 Å². The van der Waals surface area contributed by atoms with Crippen molar-refractivity contribution in [2.24, 2.45) is 0 Å². The minimum atomic E-state index is -1.65. The van der Waals surface area contributed by atoms with E-state index in [1.54, 1.807) is 0 Å². The summed E-state index contributed by atoms with van der Waals surface area (Å²) in [5.41, 5.74) is -5.28. The number of benzene rings is 3. The Bertz CT molecular complexity index is 1570. The van der Waals surface area contributed by atoms with Crippen molar-refractivity contribution in [1.29, 1.82) is 0 Å². The molecule has 0 aromatic heterocycles. The smallest absolute Gasteiger partial charge is 0.339 e. The summed E-state index contributed by atoms with van der Waals surface area (Å²) in [4.78, 5) is 73.7. The zero-order chi connectivity index (χ0) is 35.8. The number of aliphatic hydroxyl groups is 2. The zero-order valence-corrected chi connectivity index (χ0v) is 26.5. The number of Topliss-reactive ketones (excluding diaryl/α,β-unsaturated/α-hetero) is 2. The third-order valence-electron chi connectivity index (χ3n) is 6.57. The van der Waals surface area contributed by atoms with Gasteiger partial charge in [0, 0.05) is 11.1 Å². The number of hydrogen-bond donors (Lipinski definition) is 4. The maximum Gasteiger partial charge on any atom is 0.339 e. The molecule has 0 atom stereocenters. The number of carbonyl (C=O) groups excluding carboxylic acids is 4. The number of ketones is 2. The van der Waals surface area contributed by atoms with Crippen LogP contribution in [-0.4, -0.2) is 93.5 Å². The van der Waals surface area contributed by atoms with Gasteiger partial charge in [-0.1, -0.05) is 0 Å². The Labute approximate surface area is 274 Å². The van der Waals surface area contributed by atoms with Gasteiger partial charge in [0.1, 0.15) is 49.1 Å². The van der Waals surface area contributed by atoms with Crippen molar-refractivity contribution in [3.05, 3.63) is 94.0 Å². The molecule has 3 aromatic carbocycles. The second kappa shape index (κ2) is 15.3. The highest BCUT2D eigenvalue weighted by Crippen LogP contribution is 2.22. The third-order valence-corrected chi connectivity index (χ3v) is 6.57. The van der Waals surface area contributed by atoms with E-state index in [4.69, 9.17) is 18.9 Å². The Morgan fingerprint density at radius 2 is 0.833 bits per heavy atom. The van der Waals surface area contributed by atoms with Crippen LogP contribution in [0.1, 0.15) is 89.8 Å². The predicted molar refractivity (Wildman–Crippen MR) is 166 cm³/mol. The number of carboxylic acid groups (broad SMARTS) is 2. The van der Waals surface area contributed by atoms with Crippen LogP contribution < -0.4 is 9.47 Å². The van der Waals surface area contributed by atoms with Crippen molar-refractivity contribution in [1.82, 2.24) is 0 Å². The molecule has 4 N–H and O–H groups in total. The van der Waals surface area contributed by atoms with E-state index in [0.29, 0.717) is 17.6 Å². The molecule has 0 radical (unpaired) electrons. The second-order valence-corrected chi connectivity index (χ2v) is 11.3. The summed E-state index contributed by atoms with van der Waals surface area (Å²) in [5, 5.41) is 39.0. The molecule has 0 unspecified atom stereocenters. The van der Waals surface area contributed by atoms with Gasteiger partial charge in [0.2, 0.25) is 0 Å². The maximum absolute atomic E-state index is 12.8. The molecule has 0 aliphatic rings. The van der Waals surface area contributed by atoms with Gasteiger partial charge < -0.3 is 39.4 Å². The molecule has 0 saturated heterocycles.